The summed E-state index contributed by atoms with van der Waals surface area (Å²) in [7, 11) is 0. The van der Waals surface area contributed by atoms with Gasteiger partial charge < -0.3 is 11.1 Å². The van der Waals surface area contributed by atoms with E-state index in [0.29, 0.717) is 28.8 Å². The molecule has 1 aliphatic heterocycles. The number of amides is 1. The minimum atomic E-state index is -0.233. The second-order valence-electron chi connectivity index (χ2n) is 8.11. The summed E-state index contributed by atoms with van der Waals surface area (Å²) in [5, 5.41) is 2.79. The summed E-state index contributed by atoms with van der Waals surface area (Å²) in [6, 6.07) is 12.6. The number of carbonyl (C=O) groups excluding carboxylic acids is 1. The van der Waals surface area contributed by atoms with Gasteiger partial charge >= 0.3 is 0 Å². The van der Waals surface area contributed by atoms with Crippen molar-refractivity contribution in [3.63, 3.8) is 0 Å². The molecule has 1 unspecified atom stereocenters. The maximum atomic E-state index is 12.6. The van der Waals surface area contributed by atoms with Crippen molar-refractivity contribution in [3.05, 3.63) is 66.2 Å². The number of likely N-dealkylation sites (tertiary alicyclic amines) is 1. The third kappa shape index (κ3) is 4.19. The van der Waals surface area contributed by atoms with Crippen LogP contribution in [0.3, 0.4) is 0 Å². The Morgan fingerprint density at radius 2 is 2.03 bits per heavy atom. The van der Waals surface area contributed by atoms with Gasteiger partial charge in [-0.3, -0.25) is 9.69 Å². The molecule has 0 spiro atoms. The van der Waals surface area contributed by atoms with Crippen LogP contribution in [0.1, 0.15) is 35.3 Å². The third-order valence-corrected chi connectivity index (χ3v) is 5.93. The van der Waals surface area contributed by atoms with Crippen molar-refractivity contribution in [3.8, 4) is 23.2 Å². The number of nitrogens with two attached hydrogens (primary N) is 1. The van der Waals surface area contributed by atoms with Crippen LogP contribution in [0, 0.1) is 11.8 Å². The molecule has 5 rings (SSSR count). The van der Waals surface area contributed by atoms with E-state index in [1.807, 2.05) is 25.1 Å². The molecule has 1 atom stereocenters. The highest BCUT2D eigenvalue weighted by Crippen LogP contribution is 2.32. The number of hydrogen-bond acceptors (Lipinski definition) is 7. The minimum absolute atomic E-state index is 0.233. The molecule has 3 N–H and O–H groups in total. The number of nitrogens with one attached hydrogen (secondary N) is 1. The molecule has 0 saturated carbocycles. The Bertz CT molecular complexity index is 1390. The fraction of sp³-hybridized carbons (Fsp3) is 0.240. The zero-order chi connectivity index (χ0) is 23.5. The Labute approximate surface area is 197 Å². The molecule has 3 aromatic heterocycles. The van der Waals surface area contributed by atoms with Crippen LogP contribution < -0.4 is 11.1 Å². The average Bonchev–Trinajstić information content (AvgIpc) is 3.49. The number of nitrogen functional groups attached to an aromatic ring is 1. The second-order valence-corrected chi connectivity index (χ2v) is 8.11. The number of hydrogen-bond donors (Lipinski definition) is 2. The van der Waals surface area contributed by atoms with Gasteiger partial charge in [-0.05, 0) is 44.2 Å². The van der Waals surface area contributed by atoms with Crippen molar-refractivity contribution in [2.75, 3.05) is 30.7 Å². The molecule has 9 heteroatoms. The molecular formula is C25H24N8O. The normalized spacial score (nSPS) is 15.7. The summed E-state index contributed by atoms with van der Waals surface area (Å²) in [6.07, 6.45) is 4.08. The van der Waals surface area contributed by atoms with E-state index in [0.717, 1.165) is 37.3 Å². The zero-order valence-electron chi connectivity index (χ0n) is 18.8. The highest BCUT2D eigenvalue weighted by atomic mass is 16.1. The number of pyridine rings is 1. The van der Waals surface area contributed by atoms with Crippen molar-refractivity contribution < 1.29 is 4.79 Å². The van der Waals surface area contributed by atoms with Crippen molar-refractivity contribution in [2.45, 2.75) is 19.3 Å². The SMILES string of the molecule is CC#CCN1CCC(c2nc(-c3ccc(C(=O)Nc4ccccn4)cc3)n3c(N)ncnc23)C1. The second kappa shape index (κ2) is 9.29. The molecule has 0 bridgehead atoms. The quantitative estimate of drug-likeness (QED) is 0.448. The van der Waals surface area contributed by atoms with Gasteiger partial charge in [0.1, 0.15) is 18.0 Å². The van der Waals surface area contributed by atoms with Crippen molar-refractivity contribution in [2.24, 2.45) is 0 Å². The molecule has 1 amide bonds. The van der Waals surface area contributed by atoms with Crippen LogP contribution in [0.15, 0.2) is 55.0 Å². The highest BCUT2D eigenvalue weighted by molar-refractivity contribution is 6.03. The first-order valence-corrected chi connectivity index (χ1v) is 11.1. The minimum Gasteiger partial charge on any atom is -0.369 e. The molecule has 34 heavy (non-hydrogen) atoms. The third-order valence-electron chi connectivity index (χ3n) is 5.93. The lowest BCUT2D eigenvalue weighted by Crippen LogP contribution is -2.20. The predicted molar refractivity (Wildman–Crippen MR) is 130 cm³/mol. The van der Waals surface area contributed by atoms with E-state index in [1.54, 1.807) is 34.9 Å². The van der Waals surface area contributed by atoms with Crippen LogP contribution in [0.25, 0.3) is 17.0 Å². The maximum absolute atomic E-state index is 12.6. The number of fused-ring (bicyclic) bond motifs is 1. The molecule has 4 heterocycles. The Balaban J connectivity index is 1.44. The molecule has 170 valence electrons. The number of nitrogens with zero attached hydrogens (tertiary/aromatic N) is 6. The van der Waals surface area contributed by atoms with E-state index in [2.05, 4.69) is 37.0 Å². The number of rotatable bonds is 5. The first-order chi connectivity index (χ1) is 16.6. The van der Waals surface area contributed by atoms with Crippen LogP contribution in [0.4, 0.5) is 11.8 Å². The van der Waals surface area contributed by atoms with Crippen molar-refractivity contribution in [1.29, 1.82) is 0 Å². The topological polar surface area (TPSA) is 114 Å². The maximum Gasteiger partial charge on any atom is 0.256 e. The summed E-state index contributed by atoms with van der Waals surface area (Å²) < 4.78 is 1.78. The fourth-order valence-electron chi connectivity index (χ4n) is 4.22. The smallest absolute Gasteiger partial charge is 0.256 e. The Morgan fingerprint density at radius 3 is 2.79 bits per heavy atom. The average molecular weight is 453 g/mol. The van der Waals surface area contributed by atoms with Crippen molar-refractivity contribution >= 4 is 23.3 Å². The number of carbonyl (C=O) groups is 1. The molecule has 1 aromatic carbocycles. The fourth-order valence-corrected chi connectivity index (χ4v) is 4.22. The zero-order valence-corrected chi connectivity index (χ0v) is 18.8. The monoisotopic (exact) mass is 452 g/mol. The van der Waals surface area contributed by atoms with Gasteiger partial charge in [0, 0.05) is 29.8 Å². The molecule has 1 saturated heterocycles. The lowest BCUT2D eigenvalue weighted by molar-refractivity contribution is 0.102. The number of aromatic nitrogens is 5. The first-order valence-electron chi connectivity index (χ1n) is 11.1. The van der Waals surface area contributed by atoms with Crippen LogP contribution in [0.2, 0.25) is 0 Å². The van der Waals surface area contributed by atoms with Gasteiger partial charge in [0.2, 0.25) is 5.95 Å². The van der Waals surface area contributed by atoms with E-state index in [9.17, 15) is 4.79 Å². The summed E-state index contributed by atoms with van der Waals surface area (Å²) in [5.74, 6) is 7.58. The van der Waals surface area contributed by atoms with E-state index in [1.165, 1.54) is 6.33 Å². The lowest BCUT2D eigenvalue weighted by Gasteiger charge is -2.11. The Kier molecular flexibility index (Phi) is 5.89. The van der Waals surface area contributed by atoms with E-state index in [-0.39, 0.29) is 11.8 Å². The molecule has 1 aliphatic rings. The number of anilines is 2. The van der Waals surface area contributed by atoms with Crippen LogP contribution in [-0.2, 0) is 0 Å². The summed E-state index contributed by atoms with van der Waals surface area (Å²) in [6.45, 7) is 4.45. The number of imidazole rings is 1. The largest absolute Gasteiger partial charge is 0.369 e. The summed E-state index contributed by atoms with van der Waals surface area (Å²) in [5.41, 5.74) is 9.20. The predicted octanol–water partition coefficient (Wildman–Crippen LogP) is 2.83. The van der Waals surface area contributed by atoms with Gasteiger partial charge in [-0.2, -0.15) is 0 Å². The molecule has 1 fully saturated rings. The molecular weight excluding hydrogens is 428 g/mol. The molecule has 4 aromatic rings. The standard InChI is InChI=1S/C25H24N8O/c1-2-3-13-32-14-11-19(15-32)21-23-28-16-29-25(26)33(23)22(31-21)17-7-9-18(10-8-17)24(34)30-20-6-4-5-12-27-20/h4-10,12,16,19H,11,13-15H2,1H3,(H2,26,28,29)(H,27,30,34). The molecule has 0 radical (unpaired) electrons. The summed E-state index contributed by atoms with van der Waals surface area (Å²) in [4.78, 5) is 32.7. The van der Waals surface area contributed by atoms with Crippen LogP contribution in [0.5, 0.6) is 0 Å². The first kappa shape index (κ1) is 21.6. The lowest BCUT2D eigenvalue weighted by atomic mass is 10.1. The van der Waals surface area contributed by atoms with E-state index >= 15 is 0 Å². The number of benzene rings is 1. The highest BCUT2D eigenvalue weighted by Gasteiger charge is 2.29. The van der Waals surface area contributed by atoms with E-state index in [4.69, 9.17) is 10.7 Å². The van der Waals surface area contributed by atoms with Gasteiger partial charge in [0.05, 0.1) is 12.2 Å². The van der Waals surface area contributed by atoms with Crippen molar-refractivity contribution in [1.82, 2.24) is 29.2 Å². The van der Waals surface area contributed by atoms with Gasteiger partial charge in [0.15, 0.2) is 5.65 Å². The van der Waals surface area contributed by atoms with E-state index < -0.39 is 0 Å². The van der Waals surface area contributed by atoms with Gasteiger partial charge in [-0.15, -0.1) is 5.92 Å². The molecule has 0 aliphatic carbocycles. The van der Waals surface area contributed by atoms with Gasteiger partial charge in [0.25, 0.3) is 5.91 Å². The van der Waals surface area contributed by atoms with Crippen LogP contribution >= 0.6 is 0 Å². The van der Waals surface area contributed by atoms with Gasteiger partial charge in [-0.25, -0.2) is 24.3 Å². The Hall–Kier alpha value is -4.29. The Morgan fingerprint density at radius 1 is 1.18 bits per heavy atom. The van der Waals surface area contributed by atoms with Gasteiger partial charge in [-0.1, -0.05) is 24.1 Å². The molecule has 9 nitrogen and oxygen atoms in total. The summed E-state index contributed by atoms with van der Waals surface area (Å²) >= 11 is 0. The van der Waals surface area contributed by atoms with Crippen LogP contribution in [-0.4, -0.2) is 54.8 Å².